The molecule has 1 rings (SSSR count). The Hall–Kier alpha value is -2.25. The summed E-state index contributed by atoms with van der Waals surface area (Å²) < 4.78 is 46.4. The number of nitrogens with one attached hydrogen (secondary N) is 1. The van der Waals surface area contributed by atoms with Crippen molar-refractivity contribution >= 4 is 17.6 Å². The van der Waals surface area contributed by atoms with E-state index >= 15 is 0 Å². The zero-order valence-electron chi connectivity index (χ0n) is 12.3. The van der Waals surface area contributed by atoms with Gasteiger partial charge in [0, 0.05) is 0 Å². The first-order valence-corrected chi connectivity index (χ1v) is 6.29. The van der Waals surface area contributed by atoms with Crippen molar-refractivity contribution in [1.82, 2.24) is 0 Å². The molecule has 0 unspecified atom stereocenters. The molecule has 0 aliphatic rings. The van der Waals surface area contributed by atoms with Crippen LogP contribution in [-0.2, 0) is 14.3 Å². The standard InChI is InChI=1S/C14H16F3NO4/c1-13(2,3)12(20)22-8-21-11(19)9-6-4-5-7-10(9)18-14(15,16)17/h4-7,18H,8H2,1-3H3. The summed E-state index contributed by atoms with van der Waals surface area (Å²) in [5, 5.41) is 1.25. The van der Waals surface area contributed by atoms with Gasteiger partial charge in [-0.05, 0) is 32.9 Å². The van der Waals surface area contributed by atoms with E-state index in [1.54, 1.807) is 20.8 Å². The second-order valence-electron chi connectivity index (χ2n) is 5.40. The van der Waals surface area contributed by atoms with Gasteiger partial charge in [0.15, 0.2) is 0 Å². The molecule has 22 heavy (non-hydrogen) atoms. The Labute approximate surface area is 125 Å². The molecule has 122 valence electrons. The maximum Gasteiger partial charge on any atom is 0.482 e. The number of esters is 2. The van der Waals surface area contributed by atoms with Crippen LogP contribution in [-0.4, -0.2) is 25.0 Å². The monoisotopic (exact) mass is 319 g/mol. The quantitative estimate of drug-likeness (QED) is 0.524. The number of hydrogen-bond donors (Lipinski definition) is 1. The number of para-hydroxylation sites is 1. The summed E-state index contributed by atoms with van der Waals surface area (Å²) in [7, 11) is 0. The fraction of sp³-hybridized carbons (Fsp3) is 0.429. The maximum absolute atomic E-state index is 12.3. The van der Waals surface area contributed by atoms with Crippen LogP contribution in [0.3, 0.4) is 0 Å². The highest BCUT2D eigenvalue weighted by molar-refractivity contribution is 5.95. The fourth-order valence-electron chi connectivity index (χ4n) is 1.35. The van der Waals surface area contributed by atoms with Crippen LogP contribution >= 0.6 is 0 Å². The van der Waals surface area contributed by atoms with Crippen molar-refractivity contribution in [2.24, 2.45) is 5.41 Å². The molecule has 0 aliphatic carbocycles. The first kappa shape index (κ1) is 17.8. The van der Waals surface area contributed by atoms with E-state index < -0.39 is 36.1 Å². The van der Waals surface area contributed by atoms with Gasteiger partial charge in [0.05, 0.1) is 16.7 Å². The lowest BCUT2D eigenvalue weighted by molar-refractivity contribution is -0.161. The summed E-state index contributed by atoms with van der Waals surface area (Å²) in [6, 6.07) is 4.98. The van der Waals surface area contributed by atoms with Gasteiger partial charge in [-0.2, -0.15) is 13.2 Å². The molecule has 0 spiro atoms. The van der Waals surface area contributed by atoms with E-state index in [4.69, 9.17) is 4.74 Å². The smallest absolute Gasteiger partial charge is 0.427 e. The van der Waals surface area contributed by atoms with Gasteiger partial charge in [0.2, 0.25) is 6.79 Å². The van der Waals surface area contributed by atoms with Crippen LogP contribution in [0.25, 0.3) is 0 Å². The van der Waals surface area contributed by atoms with Gasteiger partial charge in [-0.25, -0.2) is 4.79 Å². The van der Waals surface area contributed by atoms with Crippen LogP contribution in [0.2, 0.25) is 0 Å². The van der Waals surface area contributed by atoms with E-state index in [1.165, 1.54) is 23.5 Å². The molecule has 0 fully saturated rings. The number of halogens is 3. The average molecular weight is 319 g/mol. The van der Waals surface area contributed by atoms with Crippen molar-refractivity contribution in [1.29, 1.82) is 0 Å². The number of carbonyl (C=O) groups excluding carboxylic acids is 2. The Morgan fingerprint density at radius 2 is 1.68 bits per heavy atom. The molecule has 0 radical (unpaired) electrons. The lowest BCUT2D eigenvalue weighted by Crippen LogP contribution is -2.25. The Morgan fingerprint density at radius 3 is 2.23 bits per heavy atom. The third kappa shape index (κ3) is 5.63. The Balaban J connectivity index is 2.69. The lowest BCUT2D eigenvalue weighted by Gasteiger charge is -2.17. The van der Waals surface area contributed by atoms with Crippen molar-refractivity contribution in [2.75, 3.05) is 12.1 Å². The number of rotatable bonds is 4. The highest BCUT2D eigenvalue weighted by Gasteiger charge is 2.29. The summed E-state index contributed by atoms with van der Waals surface area (Å²) in [6.07, 6.45) is -4.69. The topological polar surface area (TPSA) is 64.6 Å². The largest absolute Gasteiger partial charge is 0.482 e. The predicted octanol–water partition coefficient (Wildman–Crippen LogP) is 3.32. The van der Waals surface area contributed by atoms with Crippen LogP contribution in [0.15, 0.2) is 24.3 Å². The molecule has 0 aromatic heterocycles. The van der Waals surface area contributed by atoms with Crippen LogP contribution in [0.1, 0.15) is 31.1 Å². The summed E-state index contributed by atoms with van der Waals surface area (Å²) in [4.78, 5) is 23.2. The summed E-state index contributed by atoms with van der Waals surface area (Å²) >= 11 is 0. The Morgan fingerprint density at radius 1 is 1.09 bits per heavy atom. The molecule has 0 aliphatic heterocycles. The van der Waals surface area contributed by atoms with E-state index in [9.17, 15) is 22.8 Å². The van der Waals surface area contributed by atoms with Crippen LogP contribution in [0, 0.1) is 5.41 Å². The molecule has 8 heteroatoms. The lowest BCUT2D eigenvalue weighted by atomic mass is 9.98. The molecule has 0 saturated heterocycles. The summed E-state index contributed by atoms with van der Waals surface area (Å²) in [5.74, 6) is -1.63. The minimum absolute atomic E-state index is 0.313. The minimum atomic E-state index is -4.69. The van der Waals surface area contributed by atoms with Crippen LogP contribution in [0.4, 0.5) is 18.9 Å². The van der Waals surface area contributed by atoms with Gasteiger partial charge in [-0.3, -0.25) is 10.1 Å². The number of ether oxygens (including phenoxy) is 2. The summed E-state index contributed by atoms with van der Waals surface area (Å²) in [6.45, 7) is 4.16. The summed E-state index contributed by atoms with van der Waals surface area (Å²) in [5.41, 5.74) is -1.53. The highest BCUT2D eigenvalue weighted by atomic mass is 19.4. The number of carbonyl (C=O) groups is 2. The van der Waals surface area contributed by atoms with E-state index in [-0.39, 0.29) is 5.56 Å². The zero-order valence-corrected chi connectivity index (χ0v) is 12.3. The van der Waals surface area contributed by atoms with Gasteiger partial charge < -0.3 is 9.47 Å². The van der Waals surface area contributed by atoms with Crippen molar-refractivity contribution in [3.63, 3.8) is 0 Å². The van der Waals surface area contributed by atoms with Gasteiger partial charge in [0.25, 0.3) is 0 Å². The van der Waals surface area contributed by atoms with Gasteiger partial charge >= 0.3 is 18.2 Å². The first-order chi connectivity index (χ1) is 10.0. The molecule has 0 bridgehead atoms. The van der Waals surface area contributed by atoms with Crippen LogP contribution in [0.5, 0.6) is 0 Å². The van der Waals surface area contributed by atoms with Crippen molar-refractivity contribution in [2.45, 2.75) is 27.1 Å². The SMILES string of the molecule is CC(C)(C)C(=O)OCOC(=O)c1ccccc1NC(F)(F)F. The number of benzene rings is 1. The van der Waals surface area contributed by atoms with Crippen molar-refractivity contribution in [3.8, 4) is 0 Å². The molecule has 0 atom stereocenters. The minimum Gasteiger partial charge on any atom is -0.427 e. The van der Waals surface area contributed by atoms with Crippen molar-refractivity contribution < 1.29 is 32.2 Å². The molecule has 0 amide bonds. The van der Waals surface area contributed by atoms with E-state index in [2.05, 4.69) is 4.74 Å². The number of alkyl halides is 3. The number of anilines is 1. The Bertz CT molecular complexity index is 550. The van der Waals surface area contributed by atoms with Gasteiger partial charge in [-0.15, -0.1) is 0 Å². The molecule has 0 saturated carbocycles. The third-order valence-electron chi connectivity index (χ3n) is 2.42. The zero-order chi connectivity index (χ0) is 17.0. The predicted molar refractivity (Wildman–Crippen MR) is 71.9 cm³/mol. The molecule has 1 aromatic carbocycles. The molecule has 5 nitrogen and oxygen atoms in total. The maximum atomic E-state index is 12.3. The first-order valence-electron chi connectivity index (χ1n) is 6.29. The highest BCUT2D eigenvalue weighted by Crippen LogP contribution is 2.24. The fourth-order valence-corrected chi connectivity index (χ4v) is 1.35. The molecular formula is C14H16F3NO4. The number of hydrogen-bond acceptors (Lipinski definition) is 5. The van der Waals surface area contributed by atoms with E-state index in [0.717, 1.165) is 6.07 Å². The van der Waals surface area contributed by atoms with E-state index in [0.29, 0.717) is 0 Å². The van der Waals surface area contributed by atoms with Crippen LogP contribution < -0.4 is 5.32 Å². The second kappa shape index (κ2) is 6.67. The molecular weight excluding hydrogens is 303 g/mol. The van der Waals surface area contributed by atoms with E-state index in [1.807, 2.05) is 0 Å². The average Bonchev–Trinajstić information content (AvgIpc) is 2.36. The van der Waals surface area contributed by atoms with Gasteiger partial charge in [-0.1, -0.05) is 12.1 Å². The Kier molecular flexibility index (Phi) is 5.40. The third-order valence-corrected chi connectivity index (χ3v) is 2.42. The molecule has 1 aromatic rings. The second-order valence-corrected chi connectivity index (χ2v) is 5.40. The normalized spacial score (nSPS) is 11.7. The van der Waals surface area contributed by atoms with Crippen molar-refractivity contribution in [3.05, 3.63) is 29.8 Å². The molecule has 1 N–H and O–H groups in total. The van der Waals surface area contributed by atoms with Gasteiger partial charge in [0.1, 0.15) is 0 Å². The molecule has 0 heterocycles.